The summed E-state index contributed by atoms with van der Waals surface area (Å²) in [4.78, 5) is 21.6. The average Bonchev–Trinajstić information content (AvgIpc) is 2.21. The van der Waals surface area contributed by atoms with E-state index in [1.807, 2.05) is 0 Å². The first-order valence-electron chi connectivity index (χ1n) is 8.76. The Hall–Kier alpha value is 3.38. The Morgan fingerprint density at radius 3 is 1.68 bits per heavy atom. The van der Waals surface area contributed by atoms with Crippen molar-refractivity contribution in [3.8, 4) is 0 Å². The fourth-order valence-electron chi connectivity index (χ4n) is 3.50. The summed E-state index contributed by atoms with van der Waals surface area (Å²) in [6.07, 6.45) is 4.04. The molecule has 0 N–H and O–H groups in total. The zero-order valence-corrected chi connectivity index (χ0v) is 25.5. The molecule has 0 aliphatic rings. The zero-order chi connectivity index (χ0) is 18.5. The van der Waals surface area contributed by atoms with E-state index in [1.165, 1.54) is 0 Å². The number of hydrogen-bond acceptors (Lipinski definition) is 4. The van der Waals surface area contributed by atoms with Crippen LogP contribution in [0.25, 0.3) is 0 Å². The van der Waals surface area contributed by atoms with Crippen molar-refractivity contribution in [3.63, 3.8) is 0 Å². The van der Waals surface area contributed by atoms with Gasteiger partial charge in [-0.25, -0.2) is 0 Å². The van der Waals surface area contributed by atoms with E-state index in [9.17, 15) is 14.4 Å². The predicted molar refractivity (Wildman–Crippen MR) is 92.8 cm³/mol. The van der Waals surface area contributed by atoms with Gasteiger partial charge in [-0.15, -0.1) is 0 Å². The Balaban J connectivity index is -0.00000242. The fraction of sp³-hybridized carbons (Fsp3) is 1.00. The van der Waals surface area contributed by atoms with Crippen LogP contribution in [0.5, 0.6) is 0 Å². The van der Waals surface area contributed by atoms with Crippen LogP contribution in [0.3, 0.4) is 0 Å². The summed E-state index contributed by atoms with van der Waals surface area (Å²) in [5.41, 5.74) is 0.468. The molecule has 0 rings (SSSR count). The van der Waals surface area contributed by atoms with Crippen LogP contribution < -0.4 is 113 Å². The first kappa shape index (κ1) is 33.0. The van der Waals surface area contributed by atoms with Crippen molar-refractivity contribution in [1.29, 1.82) is 0 Å². The molecule has 0 aliphatic heterocycles. The Bertz CT molecular complexity index is 386. The summed E-state index contributed by atoms with van der Waals surface area (Å²) in [6.45, 7) is 17.6. The van der Waals surface area contributed by atoms with E-state index in [1.54, 1.807) is 0 Å². The third kappa shape index (κ3) is 21.9. The molecule has 3 atom stereocenters. The second-order valence-electron chi connectivity index (χ2n) is 9.69. The quantitative estimate of drug-likeness (QED) is 0.328. The second-order valence-corrected chi connectivity index (χ2v) is 10.8. The largest absolute Gasteiger partial charge is 1.00 e. The molecule has 0 amide bonds. The van der Waals surface area contributed by atoms with Gasteiger partial charge in [-0.1, -0.05) is 61.8 Å². The van der Waals surface area contributed by atoms with Crippen molar-refractivity contribution in [3.05, 3.63) is 0 Å². The summed E-state index contributed by atoms with van der Waals surface area (Å²) in [5, 5.41) is 0. The molecular formula is C18H37K2O4P. The Labute approximate surface area is 241 Å². The van der Waals surface area contributed by atoms with Crippen molar-refractivity contribution in [2.75, 3.05) is 6.61 Å². The summed E-state index contributed by atoms with van der Waals surface area (Å²) in [6, 6.07) is 0. The minimum Gasteiger partial charge on any atom is -0.790 e. The van der Waals surface area contributed by atoms with E-state index in [-0.39, 0.29) is 121 Å². The van der Waals surface area contributed by atoms with E-state index in [2.05, 4.69) is 59.9 Å². The van der Waals surface area contributed by atoms with Gasteiger partial charge in [0.25, 0.3) is 0 Å². The molecule has 0 aromatic carbocycles. The third-order valence-corrected chi connectivity index (χ3v) is 4.64. The van der Waals surface area contributed by atoms with Crippen LogP contribution in [0.4, 0.5) is 0 Å². The molecule has 140 valence electrons. The van der Waals surface area contributed by atoms with Gasteiger partial charge in [0.2, 0.25) is 0 Å². The molecule has 25 heavy (non-hydrogen) atoms. The Kier molecular flexibility index (Phi) is 19.0. The third-order valence-electron chi connectivity index (χ3n) is 4.18. The summed E-state index contributed by atoms with van der Waals surface area (Å²) >= 11 is 0. The summed E-state index contributed by atoms with van der Waals surface area (Å²) in [7, 11) is -4.89. The number of rotatable bonds is 9. The topological polar surface area (TPSA) is 72.4 Å². The SMILES string of the molecule is CC(CCC(COP(=O)([O-])[O-])C(C)CC(C)(C)C)CC(C)(C)C.[K+].[K+]. The van der Waals surface area contributed by atoms with Gasteiger partial charge in [0, 0.05) is 0 Å². The second kappa shape index (κ2) is 14.4. The normalized spacial score (nSPS) is 16.4. The van der Waals surface area contributed by atoms with Crippen molar-refractivity contribution in [2.24, 2.45) is 28.6 Å². The molecule has 0 aliphatic carbocycles. The van der Waals surface area contributed by atoms with Gasteiger partial charge in [0.05, 0.1) is 14.4 Å². The molecule has 0 radical (unpaired) electrons. The molecular weight excluding hydrogens is 389 g/mol. The fourth-order valence-corrected chi connectivity index (χ4v) is 3.87. The van der Waals surface area contributed by atoms with Crippen LogP contribution in [-0.2, 0) is 9.09 Å². The molecule has 0 saturated heterocycles. The first-order valence-corrected chi connectivity index (χ1v) is 10.2. The molecule has 4 nitrogen and oxygen atoms in total. The van der Waals surface area contributed by atoms with E-state index < -0.39 is 7.82 Å². The van der Waals surface area contributed by atoms with Crippen LogP contribution in [-0.4, -0.2) is 6.61 Å². The van der Waals surface area contributed by atoms with Gasteiger partial charge >= 0.3 is 103 Å². The van der Waals surface area contributed by atoms with Crippen molar-refractivity contribution in [2.45, 2.75) is 81.1 Å². The van der Waals surface area contributed by atoms with Gasteiger partial charge in [0.1, 0.15) is 0 Å². The van der Waals surface area contributed by atoms with E-state index in [0.717, 1.165) is 25.7 Å². The van der Waals surface area contributed by atoms with Gasteiger partial charge in [-0.3, -0.25) is 0 Å². The van der Waals surface area contributed by atoms with Gasteiger partial charge < -0.3 is 18.9 Å². The maximum atomic E-state index is 10.8. The maximum absolute atomic E-state index is 10.8. The summed E-state index contributed by atoms with van der Waals surface area (Å²) in [5.74, 6) is 1.00. The van der Waals surface area contributed by atoms with Crippen LogP contribution in [0, 0.1) is 28.6 Å². The van der Waals surface area contributed by atoms with Crippen LogP contribution in [0.2, 0.25) is 0 Å². The molecule has 0 bridgehead atoms. The Morgan fingerprint density at radius 1 is 0.880 bits per heavy atom. The van der Waals surface area contributed by atoms with Crippen molar-refractivity contribution >= 4 is 7.82 Å². The van der Waals surface area contributed by atoms with Crippen molar-refractivity contribution in [1.82, 2.24) is 0 Å². The number of phosphoric ester groups is 1. The van der Waals surface area contributed by atoms with Gasteiger partial charge in [-0.05, 0) is 47.8 Å². The average molecular weight is 427 g/mol. The molecule has 0 aromatic heterocycles. The van der Waals surface area contributed by atoms with Crippen LogP contribution in [0.15, 0.2) is 0 Å². The maximum Gasteiger partial charge on any atom is 1.00 e. The van der Waals surface area contributed by atoms with Crippen LogP contribution >= 0.6 is 7.82 Å². The first-order chi connectivity index (χ1) is 10.1. The number of phosphoric acid groups is 1. The Morgan fingerprint density at radius 2 is 1.32 bits per heavy atom. The van der Waals surface area contributed by atoms with E-state index in [0.29, 0.717) is 17.3 Å². The minimum absolute atomic E-state index is 0. The molecule has 0 aromatic rings. The molecule has 0 spiro atoms. The monoisotopic (exact) mass is 426 g/mol. The van der Waals surface area contributed by atoms with Crippen molar-refractivity contribution < 1.29 is 122 Å². The molecule has 3 unspecified atom stereocenters. The molecule has 0 saturated carbocycles. The minimum atomic E-state index is -4.89. The molecule has 0 heterocycles. The molecule has 7 heteroatoms. The summed E-state index contributed by atoms with van der Waals surface area (Å²) < 4.78 is 15.4. The van der Waals surface area contributed by atoms with Crippen LogP contribution in [0.1, 0.15) is 81.1 Å². The van der Waals surface area contributed by atoms with Gasteiger partial charge in [-0.2, -0.15) is 0 Å². The van der Waals surface area contributed by atoms with Gasteiger partial charge in [0.15, 0.2) is 0 Å². The standard InChI is InChI=1S/C18H39O4P.2K/c1-14(11-17(3,4)5)9-10-16(13-22-23(19,20)21)15(2)12-18(6,7)8;;/h14-16H,9-13H2,1-8H3,(H2,19,20,21);;/q;2*+1/p-2. The smallest absolute Gasteiger partial charge is 0.790 e. The number of hydrogen-bond donors (Lipinski definition) is 0. The molecule has 0 fully saturated rings. The zero-order valence-electron chi connectivity index (χ0n) is 18.3. The predicted octanol–water partition coefficient (Wildman–Crippen LogP) is -1.62. The van der Waals surface area contributed by atoms with E-state index >= 15 is 0 Å². The van der Waals surface area contributed by atoms with E-state index in [4.69, 9.17) is 0 Å².